The van der Waals surface area contributed by atoms with Crippen LogP contribution < -0.4 is 15.4 Å². The first-order chi connectivity index (χ1) is 11.4. The van der Waals surface area contributed by atoms with E-state index in [9.17, 15) is 9.59 Å². The molecule has 0 bridgehead atoms. The molecule has 0 spiro atoms. The first-order valence-corrected chi connectivity index (χ1v) is 7.60. The van der Waals surface area contributed by atoms with Gasteiger partial charge in [-0.25, -0.2) is 0 Å². The number of nitrogens with zero attached hydrogens (tertiary/aromatic N) is 1. The highest BCUT2D eigenvalue weighted by molar-refractivity contribution is 6.00. The number of hydrogen-bond acceptors (Lipinski definition) is 5. The highest BCUT2D eigenvalue weighted by Gasteiger charge is 2.14. The second-order valence-electron chi connectivity index (χ2n) is 5.72. The van der Waals surface area contributed by atoms with Crippen molar-refractivity contribution in [3.63, 3.8) is 0 Å². The number of nitrogens with one attached hydrogen (secondary N) is 2. The van der Waals surface area contributed by atoms with Crippen LogP contribution in [0.25, 0.3) is 0 Å². The number of aryl methyl sites for hydroxylation is 1. The zero-order valence-electron chi connectivity index (χ0n) is 14.2. The van der Waals surface area contributed by atoms with Crippen molar-refractivity contribution >= 4 is 23.2 Å². The molecule has 2 N–H and O–H groups in total. The minimum Gasteiger partial charge on any atom is -0.497 e. The van der Waals surface area contributed by atoms with Crippen molar-refractivity contribution in [1.82, 2.24) is 5.16 Å². The van der Waals surface area contributed by atoms with E-state index in [0.717, 1.165) is 0 Å². The average Bonchev–Trinajstić information content (AvgIpc) is 2.93. The minimum atomic E-state index is -0.267. The Hall–Kier alpha value is -2.83. The Morgan fingerprint density at radius 2 is 1.96 bits per heavy atom. The largest absolute Gasteiger partial charge is 0.497 e. The lowest BCUT2D eigenvalue weighted by atomic mass is 10.2. The number of anilines is 2. The summed E-state index contributed by atoms with van der Waals surface area (Å²) in [5.74, 6) is 0.460. The number of ether oxygens (including phenoxy) is 1. The number of benzene rings is 1. The Morgan fingerprint density at radius 1 is 1.21 bits per heavy atom. The number of carbonyl (C=O) groups excluding carboxylic acids is 2. The first-order valence-electron chi connectivity index (χ1n) is 7.60. The van der Waals surface area contributed by atoms with E-state index in [4.69, 9.17) is 9.26 Å². The monoisotopic (exact) mass is 331 g/mol. The minimum absolute atomic E-state index is 0.0600. The van der Waals surface area contributed by atoms with Gasteiger partial charge in [-0.1, -0.05) is 19.0 Å². The van der Waals surface area contributed by atoms with E-state index in [1.54, 1.807) is 45.0 Å². The van der Waals surface area contributed by atoms with Crippen LogP contribution in [0, 0.1) is 12.8 Å². The zero-order chi connectivity index (χ0) is 17.7. The molecule has 7 heteroatoms. The van der Waals surface area contributed by atoms with Gasteiger partial charge in [0.25, 0.3) is 0 Å². The molecule has 0 radical (unpaired) electrons. The van der Waals surface area contributed by atoms with Crippen molar-refractivity contribution in [3.05, 3.63) is 35.7 Å². The summed E-state index contributed by atoms with van der Waals surface area (Å²) in [6.07, 6.45) is 0.0600. The number of rotatable bonds is 6. The highest BCUT2D eigenvalue weighted by atomic mass is 16.5. The van der Waals surface area contributed by atoms with Gasteiger partial charge in [-0.15, -0.1) is 0 Å². The molecular weight excluding hydrogens is 310 g/mol. The van der Waals surface area contributed by atoms with Crippen LogP contribution in [0.5, 0.6) is 5.75 Å². The maximum Gasteiger partial charge on any atom is 0.232 e. The van der Waals surface area contributed by atoms with Crippen LogP contribution in [0.2, 0.25) is 0 Å². The first kappa shape index (κ1) is 17.5. The maximum absolute atomic E-state index is 12.2. The van der Waals surface area contributed by atoms with E-state index in [0.29, 0.717) is 28.6 Å². The quantitative estimate of drug-likeness (QED) is 0.849. The molecule has 128 valence electrons. The second kappa shape index (κ2) is 7.63. The van der Waals surface area contributed by atoms with Gasteiger partial charge >= 0.3 is 0 Å². The van der Waals surface area contributed by atoms with Gasteiger partial charge in [-0.3, -0.25) is 9.59 Å². The van der Waals surface area contributed by atoms with Gasteiger partial charge < -0.3 is 19.9 Å². The molecule has 1 heterocycles. The van der Waals surface area contributed by atoms with Gasteiger partial charge in [-0.2, -0.15) is 0 Å². The maximum atomic E-state index is 12.2. The van der Waals surface area contributed by atoms with Crippen LogP contribution in [0.1, 0.15) is 25.3 Å². The summed E-state index contributed by atoms with van der Waals surface area (Å²) in [7, 11) is 1.54. The average molecular weight is 331 g/mol. The molecule has 0 fully saturated rings. The highest BCUT2D eigenvalue weighted by Crippen LogP contribution is 2.27. The number of hydrogen-bond donors (Lipinski definition) is 2. The van der Waals surface area contributed by atoms with Crippen molar-refractivity contribution < 1.29 is 18.8 Å². The Labute approximate surface area is 140 Å². The van der Waals surface area contributed by atoms with Crippen LogP contribution >= 0.6 is 0 Å². The molecule has 1 aromatic carbocycles. The fourth-order valence-corrected chi connectivity index (χ4v) is 1.99. The molecular formula is C17H21N3O4. The van der Waals surface area contributed by atoms with Crippen molar-refractivity contribution in [1.29, 1.82) is 0 Å². The Balaban J connectivity index is 2.15. The van der Waals surface area contributed by atoms with Gasteiger partial charge in [-0.05, 0) is 19.1 Å². The number of methoxy groups -OCH3 is 1. The Kier molecular flexibility index (Phi) is 5.57. The lowest BCUT2D eigenvalue weighted by Crippen LogP contribution is -2.20. The van der Waals surface area contributed by atoms with Crippen LogP contribution in [0.4, 0.5) is 11.4 Å². The van der Waals surface area contributed by atoms with Crippen molar-refractivity contribution in [2.24, 2.45) is 5.92 Å². The van der Waals surface area contributed by atoms with Gasteiger partial charge in [0.05, 0.1) is 30.6 Å². The molecule has 2 amide bonds. The van der Waals surface area contributed by atoms with Crippen LogP contribution in [0.15, 0.2) is 28.8 Å². The van der Waals surface area contributed by atoms with Crippen LogP contribution in [-0.2, 0) is 16.0 Å². The third kappa shape index (κ3) is 4.58. The van der Waals surface area contributed by atoms with Crippen molar-refractivity contribution in [3.8, 4) is 5.75 Å². The predicted molar refractivity (Wildman–Crippen MR) is 90.0 cm³/mol. The molecule has 0 saturated heterocycles. The number of aromatic nitrogens is 1. The van der Waals surface area contributed by atoms with Gasteiger partial charge in [0.2, 0.25) is 11.8 Å². The molecule has 0 aliphatic carbocycles. The third-order valence-corrected chi connectivity index (χ3v) is 3.29. The van der Waals surface area contributed by atoms with Crippen molar-refractivity contribution in [2.75, 3.05) is 17.7 Å². The zero-order valence-corrected chi connectivity index (χ0v) is 14.2. The second-order valence-corrected chi connectivity index (χ2v) is 5.72. The molecule has 1 aromatic heterocycles. The third-order valence-electron chi connectivity index (χ3n) is 3.29. The Bertz CT molecular complexity index is 737. The molecule has 0 atom stereocenters. The van der Waals surface area contributed by atoms with Crippen molar-refractivity contribution in [2.45, 2.75) is 27.2 Å². The summed E-state index contributed by atoms with van der Waals surface area (Å²) in [6.45, 7) is 5.37. The number of carbonyl (C=O) groups is 2. The topological polar surface area (TPSA) is 93.5 Å². The van der Waals surface area contributed by atoms with Crippen LogP contribution in [-0.4, -0.2) is 24.1 Å². The smallest absolute Gasteiger partial charge is 0.232 e. The van der Waals surface area contributed by atoms with Gasteiger partial charge in [0.15, 0.2) is 0 Å². The summed E-state index contributed by atoms with van der Waals surface area (Å²) >= 11 is 0. The fraction of sp³-hybridized carbons (Fsp3) is 0.353. The summed E-state index contributed by atoms with van der Waals surface area (Å²) in [6, 6.07) is 6.75. The van der Waals surface area contributed by atoms with E-state index in [2.05, 4.69) is 15.8 Å². The van der Waals surface area contributed by atoms with E-state index in [-0.39, 0.29) is 24.2 Å². The lowest BCUT2D eigenvalue weighted by molar-refractivity contribution is -0.119. The molecule has 0 unspecified atom stereocenters. The summed E-state index contributed by atoms with van der Waals surface area (Å²) in [5, 5.41) is 9.30. The van der Waals surface area contributed by atoms with Crippen LogP contribution in [0.3, 0.4) is 0 Å². The molecule has 2 aromatic rings. The van der Waals surface area contributed by atoms with Gasteiger partial charge in [0, 0.05) is 18.1 Å². The standard InChI is InChI=1S/C17H21N3O4/c1-10(2)17(22)19-15-8-12(23-4)5-6-14(15)18-16(21)9-13-7-11(3)20-24-13/h5-8,10H,9H2,1-4H3,(H,18,21)(H,19,22). The summed E-state index contributed by atoms with van der Waals surface area (Å²) in [4.78, 5) is 24.1. The van der Waals surface area contributed by atoms with E-state index >= 15 is 0 Å². The molecule has 24 heavy (non-hydrogen) atoms. The summed E-state index contributed by atoms with van der Waals surface area (Å²) in [5.41, 5.74) is 1.69. The van der Waals surface area contributed by atoms with E-state index < -0.39 is 0 Å². The fourth-order valence-electron chi connectivity index (χ4n) is 1.99. The SMILES string of the molecule is COc1ccc(NC(=O)Cc2cc(C)no2)c(NC(=O)C(C)C)c1. The van der Waals surface area contributed by atoms with E-state index in [1.807, 2.05) is 0 Å². The normalized spacial score (nSPS) is 10.5. The number of amides is 2. The summed E-state index contributed by atoms with van der Waals surface area (Å²) < 4.78 is 10.2. The molecule has 0 saturated carbocycles. The molecule has 7 nitrogen and oxygen atoms in total. The lowest BCUT2D eigenvalue weighted by Gasteiger charge is -2.14. The van der Waals surface area contributed by atoms with Gasteiger partial charge in [0.1, 0.15) is 11.5 Å². The molecule has 0 aliphatic rings. The van der Waals surface area contributed by atoms with E-state index in [1.165, 1.54) is 7.11 Å². The predicted octanol–water partition coefficient (Wildman–Crippen LogP) is 2.77. The molecule has 2 rings (SSSR count). The Morgan fingerprint density at radius 3 is 2.54 bits per heavy atom. The molecule has 0 aliphatic heterocycles.